The molecule has 158 valence electrons. The third-order valence-electron chi connectivity index (χ3n) is 4.66. The van der Waals surface area contributed by atoms with Crippen LogP contribution in [0.25, 0.3) is 11.0 Å². The summed E-state index contributed by atoms with van der Waals surface area (Å²) in [7, 11) is 0. The molecule has 0 unspecified atom stereocenters. The fourth-order valence-electron chi connectivity index (χ4n) is 3.24. The van der Waals surface area contributed by atoms with Gasteiger partial charge in [0.05, 0.1) is 12.2 Å². The lowest BCUT2D eigenvalue weighted by Gasteiger charge is -2.08. The van der Waals surface area contributed by atoms with Gasteiger partial charge in [-0.3, -0.25) is 4.79 Å². The number of ether oxygens (including phenoxy) is 2. The van der Waals surface area contributed by atoms with Crippen molar-refractivity contribution >= 4 is 45.2 Å². The summed E-state index contributed by atoms with van der Waals surface area (Å²) in [5, 5.41) is 3.87. The summed E-state index contributed by atoms with van der Waals surface area (Å²) < 4.78 is 15.8. The molecule has 0 fully saturated rings. The Bertz CT molecular complexity index is 1110. The Morgan fingerprint density at radius 3 is 2.47 bits per heavy atom. The largest absolute Gasteiger partial charge is 0.462 e. The Morgan fingerprint density at radius 1 is 1.07 bits per heavy atom. The van der Waals surface area contributed by atoms with E-state index in [4.69, 9.17) is 13.9 Å². The number of nitrogens with one attached hydrogen (secondary N) is 1. The third kappa shape index (κ3) is 4.23. The maximum atomic E-state index is 12.4. The highest BCUT2D eigenvalue weighted by Crippen LogP contribution is 2.34. The van der Waals surface area contributed by atoms with Crippen LogP contribution in [0, 0.1) is 13.8 Å². The number of esters is 2. The van der Waals surface area contributed by atoms with Crippen molar-refractivity contribution in [2.75, 3.05) is 18.5 Å². The van der Waals surface area contributed by atoms with Crippen LogP contribution in [0.4, 0.5) is 5.00 Å². The van der Waals surface area contributed by atoms with Gasteiger partial charge in [0.2, 0.25) is 5.76 Å². The zero-order valence-corrected chi connectivity index (χ0v) is 18.1. The van der Waals surface area contributed by atoms with E-state index in [1.54, 1.807) is 19.9 Å². The van der Waals surface area contributed by atoms with Gasteiger partial charge in [0.15, 0.2) is 6.61 Å². The molecule has 2 aromatic heterocycles. The molecule has 1 N–H and O–H groups in total. The first-order valence-electron chi connectivity index (χ1n) is 9.61. The van der Waals surface area contributed by atoms with E-state index in [9.17, 15) is 14.4 Å². The number of amides is 1. The van der Waals surface area contributed by atoms with Crippen LogP contribution in [0.15, 0.2) is 28.7 Å². The predicted molar refractivity (Wildman–Crippen MR) is 114 cm³/mol. The fourth-order valence-corrected chi connectivity index (χ4v) is 4.39. The number of hydrogen-bond donors (Lipinski definition) is 1. The van der Waals surface area contributed by atoms with E-state index < -0.39 is 24.5 Å². The first-order chi connectivity index (χ1) is 14.4. The summed E-state index contributed by atoms with van der Waals surface area (Å²) in [4.78, 5) is 38.0. The molecule has 30 heavy (non-hydrogen) atoms. The number of fused-ring (bicyclic) bond motifs is 1. The minimum atomic E-state index is -0.721. The van der Waals surface area contributed by atoms with Gasteiger partial charge in [-0.2, -0.15) is 0 Å². The Labute approximate surface area is 178 Å². The zero-order chi connectivity index (χ0) is 21.8. The van der Waals surface area contributed by atoms with E-state index in [0.717, 1.165) is 15.8 Å². The van der Waals surface area contributed by atoms with E-state index in [-0.39, 0.29) is 12.4 Å². The SMILES string of the molecule is CCOC(=O)c1c(NC(=O)COC(=O)c2oc3ccccc3c2C)sc(C)c1CC. The second-order valence-electron chi connectivity index (χ2n) is 6.59. The molecule has 0 aliphatic rings. The fraction of sp³-hybridized carbons (Fsp3) is 0.318. The van der Waals surface area contributed by atoms with Crippen molar-refractivity contribution in [3.63, 3.8) is 0 Å². The second kappa shape index (κ2) is 9.13. The molecule has 3 rings (SSSR count). The van der Waals surface area contributed by atoms with Gasteiger partial charge in [0.25, 0.3) is 5.91 Å². The van der Waals surface area contributed by atoms with Crippen molar-refractivity contribution in [3.05, 3.63) is 51.6 Å². The number of carbonyl (C=O) groups excluding carboxylic acids is 3. The van der Waals surface area contributed by atoms with Gasteiger partial charge in [-0.05, 0) is 38.8 Å². The van der Waals surface area contributed by atoms with Crippen LogP contribution in [0.1, 0.15) is 50.8 Å². The minimum absolute atomic E-state index is 0.0662. The quantitative estimate of drug-likeness (QED) is 0.550. The van der Waals surface area contributed by atoms with Gasteiger partial charge < -0.3 is 19.2 Å². The first-order valence-corrected chi connectivity index (χ1v) is 10.4. The molecule has 7 nitrogen and oxygen atoms in total. The monoisotopic (exact) mass is 429 g/mol. The number of thiophene rings is 1. The Kier molecular flexibility index (Phi) is 6.56. The van der Waals surface area contributed by atoms with Crippen molar-refractivity contribution in [2.45, 2.75) is 34.1 Å². The zero-order valence-electron chi connectivity index (χ0n) is 17.3. The van der Waals surface area contributed by atoms with Gasteiger partial charge in [0.1, 0.15) is 10.6 Å². The number of hydrogen-bond acceptors (Lipinski definition) is 7. The molecule has 0 saturated carbocycles. The summed E-state index contributed by atoms with van der Waals surface area (Å²) in [6.45, 7) is 7.02. The van der Waals surface area contributed by atoms with Crippen molar-refractivity contribution in [2.24, 2.45) is 0 Å². The standard InChI is InChI=1S/C22H23NO6S/c1-5-14-13(4)30-20(18(14)21(25)27-6-2)23-17(24)11-28-22(26)19-12(3)15-9-7-8-10-16(15)29-19/h7-10H,5-6,11H2,1-4H3,(H,23,24). The Balaban J connectivity index is 1.71. The molecule has 0 aliphatic heterocycles. The van der Waals surface area contributed by atoms with Crippen LogP contribution in [0.2, 0.25) is 0 Å². The maximum absolute atomic E-state index is 12.4. The molecule has 0 bridgehead atoms. The number of rotatable bonds is 7. The smallest absolute Gasteiger partial charge is 0.375 e. The van der Waals surface area contributed by atoms with E-state index in [2.05, 4.69) is 5.32 Å². The Hall–Kier alpha value is -3.13. The summed E-state index contributed by atoms with van der Waals surface area (Å²) >= 11 is 1.29. The van der Waals surface area contributed by atoms with Crippen LogP contribution in [-0.4, -0.2) is 31.1 Å². The second-order valence-corrected chi connectivity index (χ2v) is 7.82. The number of furan rings is 1. The lowest BCUT2D eigenvalue weighted by atomic mass is 10.1. The Morgan fingerprint density at radius 2 is 1.80 bits per heavy atom. The highest BCUT2D eigenvalue weighted by molar-refractivity contribution is 7.16. The summed E-state index contributed by atoms with van der Waals surface area (Å²) in [5.41, 5.74) is 2.42. The van der Waals surface area contributed by atoms with E-state index in [1.807, 2.05) is 32.0 Å². The molecular formula is C22H23NO6S. The molecule has 1 aromatic carbocycles. The van der Waals surface area contributed by atoms with Crippen LogP contribution in [0.5, 0.6) is 0 Å². The first kappa shape index (κ1) is 21.6. The van der Waals surface area contributed by atoms with Gasteiger partial charge in [-0.25, -0.2) is 9.59 Å². The highest BCUT2D eigenvalue weighted by Gasteiger charge is 2.24. The molecule has 1 amide bonds. The molecule has 3 aromatic rings. The normalized spacial score (nSPS) is 10.8. The van der Waals surface area contributed by atoms with Crippen LogP contribution >= 0.6 is 11.3 Å². The van der Waals surface area contributed by atoms with Gasteiger partial charge in [-0.1, -0.05) is 25.1 Å². The molecule has 0 saturated heterocycles. The summed E-state index contributed by atoms with van der Waals surface area (Å²) in [6.07, 6.45) is 0.632. The molecule has 0 radical (unpaired) electrons. The number of para-hydroxylation sites is 1. The number of benzene rings is 1. The summed E-state index contributed by atoms with van der Waals surface area (Å²) in [5.74, 6) is -1.69. The maximum Gasteiger partial charge on any atom is 0.375 e. The average Bonchev–Trinajstić information content (AvgIpc) is 3.22. The van der Waals surface area contributed by atoms with Crippen molar-refractivity contribution in [3.8, 4) is 0 Å². The molecule has 0 aliphatic carbocycles. The lowest BCUT2D eigenvalue weighted by molar-refractivity contribution is -0.119. The van der Waals surface area contributed by atoms with E-state index in [1.165, 1.54) is 11.3 Å². The van der Waals surface area contributed by atoms with Crippen molar-refractivity contribution in [1.82, 2.24) is 0 Å². The van der Waals surface area contributed by atoms with E-state index in [0.29, 0.717) is 28.1 Å². The third-order valence-corrected chi connectivity index (χ3v) is 5.72. The number of aryl methyl sites for hydroxylation is 2. The number of anilines is 1. The van der Waals surface area contributed by atoms with E-state index >= 15 is 0 Å². The molecule has 2 heterocycles. The van der Waals surface area contributed by atoms with Crippen LogP contribution in [0.3, 0.4) is 0 Å². The predicted octanol–water partition coefficient (Wildman–Crippen LogP) is 4.65. The van der Waals surface area contributed by atoms with Crippen LogP contribution < -0.4 is 5.32 Å². The molecular weight excluding hydrogens is 406 g/mol. The van der Waals surface area contributed by atoms with Crippen molar-refractivity contribution < 1.29 is 28.3 Å². The topological polar surface area (TPSA) is 94.8 Å². The average molecular weight is 429 g/mol. The minimum Gasteiger partial charge on any atom is -0.462 e. The highest BCUT2D eigenvalue weighted by atomic mass is 32.1. The molecule has 8 heteroatoms. The lowest BCUT2D eigenvalue weighted by Crippen LogP contribution is -2.22. The summed E-state index contributed by atoms with van der Waals surface area (Å²) in [6, 6.07) is 7.26. The number of carbonyl (C=O) groups is 3. The van der Waals surface area contributed by atoms with Gasteiger partial charge >= 0.3 is 11.9 Å². The van der Waals surface area contributed by atoms with Gasteiger partial charge in [0, 0.05) is 15.8 Å². The van der Waals surface area contributed by atoms with Crippen molar-refractivity contribution in [1.29, 1.82) is 0 Å². The van der Waals surface area contributed by atoms with Crippen LogP contribution in [-0.2, 0) is 20.7 Å². The molecule has 0 atom stereocenters. The van der Waals surface area contributed by atoms with Gasteiger partial charge in [-0.15, -0.1) is 11.3 Å². The molecule has 0 spiro atoms.